The van der Waals surface area contributed by atoms with Gasteiger partial charge in [0, 0.05) is 11.0 Å². The van der Waals surface area contributed by atoms with E-state index in [-0.39, 0.29) is 36.8 Å². The van der Waals surface area contributed by atoms with Crippen LogP contribution in [0.3, 0.4) is 0 Å². The largest absolute Gasteiger partial charge is 0.465 e. The summed E-state index contributed by atoms with van der Waals surface area (Å²) in [7, 11) is 0. The average molecular weight is 521 g/mol. The maximum Gasteiger partial charge on any atom is 0.333 e. The van der Waals surface area contributed by atoms with Gasteiger partial charge in [0.2, 0.25) is 0 Å². The summed E-state index contributed by atoms with van der Waals surface area (Å²) in [4.78, 5) is 25.6. The molecule has 3 N–H and O–H groups in total. The number of carbonyl (C=O) groups excluding carboxylic acids is 2. The van der Waals surface area contributed by atoms with Crippen molar-refractivity contribution in [3.63, 3.8) is 0 Å². The van der Waals surface area contributed by atoms with E-state index in [1.165, 1.54) is 6.08 Å². The highest BCUT2D eigenvalue weighted by molar-refractivity contribution is 5.87. The van der Waals surface area contributed by atoms with Crippen LogP contribution in [-0.2, 0) is 19.1 Å². The van der Waals surface area contributed by atoms with Gasteiger partial charge in [-0.2, -0.15) is 0 Å². The first-order valence-corrected chi connectivity index (χ1v) is 13.5. The minimum atomic E-state index is -1.13. The molecule has 0 amide bonds. The molecule has 0 aromatic rings. The fourth-order valence-corrected chi connectivity index (χ4v) is 6.19. The second kappa shape index (κ2) is 11.8. The van der Waals surface area contributed by atoms with Gasteiger partial charge >= 0.3 is 11.9 Å². The van der Waals surface area contributed by atoms with Crippen LogP contribution in [-0.4, -0.2) is 57.8 Å². The van der Waals surface area contributed by atoms with Crippen LogP contribution in [0, 0.1) is 28.6 Å². The van der Waals surface area contributed by atoms with Crippen molar-refractivity contribution in [2.75, 3.05) is 6.61 Å². The van der Waals surface area contributed by atoms with Gasteiger partial charge in [0.15, 0.2) is 0 Å². The van der Waals surface area contributed by atoms with Crippen LogP contribution >= 0.6 is 0 Å². The van der Waals surface area contributed by atoms with Gasteiger partial charge in [-0.3, -0.25) is 4.79 Å². The Balaban J connectivity index is 2.62. The monoisotopic (exact) mass is 520 g/mol. The third-order valence-electron chi connectivity index (χ3n) is 9.21. The Morgan fingerprint density at radius 2 is 1.92 bits per heavy atom. The lowest BCUT2D eigenvalue weighted by molar-refractivity contribution is -0.223. The zero-order valence-electron chi connectivity index (χ0n) is 23.8. The molecule has 8 unspecified atom stereocenters. The number of hydrogen-bond donors (Lipinski definition) is 3. The normalized spacial score (nSPS) is 34.1. The molecule has 2 aliphatic carbocycles. The summed E-state index contributed by atoms with van der Waals surface area (Å²) in [5.41, 5.74) is -1.64. The maximum atomic E-state index is 12.8. The molecule has 0 radical (unpaired) electrons. The molecule has 7 heteroatoms. The number of hydrogen-bond acceptors (Lipinski definition) is 7. The van der Waals surface area contributed by atoms with E-state index in [1.807, 2.05) is 27.7 Å². The number of aliphatic hydroxyl groups is 3. The first-order chi connectivity index (χ1) is 17.1. The molecule has 2 aliphatic rings. The Labute approximate surface area is 222 Å². The first-order valence-electron chi connectivity index (χ1n) is 13.5. The van der Waals surface area contributed by atoms with Crippen LogP contribution in [0.4, 0.5) is 0 Å². The predicted molar refractivity (Wildman–Crippen MR) is 143 cm³/mol. The highest BCUT2D eigenvalue weighted by Crippen LogP contribution is 2.62. The molecule has 0 aliphatic heterocycles. The molecule has 0 spiro atoms. The molecule has 210 valence electrons. The van der Waals surface area contributed by atoms with Crippen molar-refractivity contribution < 1.29 is 34.4 Å². The van der Waals surface area contributed by atoms with Crippen molar-refractivity contribution >= 4 is 11.9 Å². The van der Waals surface area contributed by atoms with Crippen molar-refractivity contribution in [1.29, 1.82) is 0 Å². The minimum absolute atomic E-state index is 0.0419. The highest BCUT2D eigenvalue weighted by atomic mass is 16.6. The van der Waals surface area contributed by atoms with E-state index in [9.17, 15) is 24.9 Å². The summed E-state index contributed by atoms with van der Waals surface area (Å²) < 4.78 is 11.8. The maximum absolute atomic E-state index is 12.8. The van der Waals surface area contributed by atoms with E-state index in [2.05, 4.69) is 13.2 Å². The van der Waals surface area contributed by atoms with Gasteiger partial charge in [-0.15, -0.1) is 6.58 Å². The average Bonchev–Trinajstić information content (AvgIpc) is 2.86. The standard InChI is InChI=1S/C30H48O7/c1-10-18(4)26(33)36-17-30-16-23(37-27(34)19(5)11-2)25(32)28(7,8)24(30)15-22(31)20(6)21(30)13-14-29(9,35)12-3/h11-12,18,21-25,31-32,35H,3,6,10,13-17H2,1-2,4-5,7-9H3. The predicted octanol–water partition coefficient (Wildman–Crippen LogP) is 4.50. The van der Waals surface area contributed by atoms with Gasteiger partial charge in [-0.05, 0) is 75.7 Å². The van der Waals surface area contributed by atoms with Gasteiger partial charge in [0.1, 0.15) is 6.10 Å². The Bertz CT molecular complexity index is 902. The molecule has 0 saturated heterocycles. The topological polar surface area (TPSA) is 113 Å². The summed E-state index contributed by atoms with van der Waals surface area (Å²) in [6.45, 7) is 20.7. The smallest absolute Gasteiger partial charge is 0.333 e. The zero-order valence-corrected chi connectivity index (χ0v) is 23.8. The first kappa shape index (κ1) is 31.3. The molecule has 2 rings (SSSR count). The van der Waals surface area contributed by atoms with Crippen molar-refractivity contribution in [2.24, 2.45) is 28.6 Å². The summed E-state index contributed by atoms with van der Waals surface area (Å²) in [5.74, 6) is -1.72. The Morgan fingerprint density at radius 3 is 2.46 bits per heavy atom. The molecule has 0 aromatic heterocycles. The van der Waals surface area contributed by atoms with Gasteiger partial charge in [0.05, 0.1) is 30.3 Å². The van der Waals surface area contributed by atoms with Crippen LogP contribution in [0.2, 0.25) is 0 Å². The Kier molecular flexibility index (Phi) is 10.00. The minimum Gasteiger partial charge on any atom is -0.465 e. The van der Waals surface area contributed by atoms with E-state index in [4.69, 9.17) is 9.47 Å². The van der Waals surface area contributed by atoms with Gasteiger partial charge in [-0.25, -0.2) is 4.79 Å². The van der Waals surface area contributed by atoms with E-state index in [0.717, 1.165) is 0 Å². The Hall–Kier alpha value is -1.96. The van der Waals surface area contributed by atoms with E-state index >= 15 is 0 Å². The molecule has 0 aromatic carbocycles. The number of esters is 2. The number of carbonyl (C=O) groups is 2. The second-order valence-electron chi connectivity index (χ2n) is 12.1. The van der Waals surface area contributed by atoms with Crippen LogP contribution in [0.1, 0.15) is 80.6 Å². The van der Waals surface area contributed by atoms with Crippen molar-refractivity contribution in [2.45, 2.75) is 104 Å². The molecular formula is C30H48O7. The van der Waals surface area contributed by atoms with Crippen LogP contribution < -0.4 is 0 Å². The lowest BCUT2D eigenvalue weighted by atomic mass is 9.44. The fraction of sp³-hybridized carbons (Fsp3) is 0.733. The van der Waals surface area contributed by atoms with E-state index in [0.29, 0.717) is 36.8 Å². The molecule has 0 bridgehead atoms. The fourth-order valence-electron chi connectivity index (χ4n) is 6.19. The van der Waals surface area contributed by atoms with E-state index in [1.54, 1.807) is 26.8 Å². The molecule has 2 fully saturated rings. The molecule has 0 heterocycles. The van der Waals surface area contributed by atoms with Crippen LogP contribution in [0.25, 0.3) is 0 Å². The molecular weight excluding hydrogens is 472 g/mol. The van der Waals surface area contributed by atoms with Gasteiger partial charge < -0.3 is 24.8 Å². The number of aliphatic hydroxyl groups excluding tert-OH is 2. The second-order valence-corrected chi connectivity index (χ2v) is 12.1. The summed E-state index contributed by atoms with van der Waals surface area (Å²) in [6, 6.07) is 0. The number of fused-ring (bicyclic) bond motifs is 1. The summed E-state index contributed by atoms with van der Waals surface area (Å²) in [6.07, 6.45) is 2.53. The number of rotatable bonds is 10. The molecule has 7 nitrogen and oxygen atoms in total. The third-order valence-corrected chi connectivity index (χ3v) is 9.21. The highest BCUT2D eigenvalue weighted by Gasteiger charge is 2.64. The van der Waals surface area contributed by atoms with Crippen LogP contribution in [0.15, 0.2) is 36.5 Å². The van der Waals surface area contributed by atoms with Gasteiger partial charge in [-0.1, -0.05) is 46.4 Å². The third kappa shape index (κ3) is 6.37. The van der Waals surface area contributed by atoms with Crippen LogP contribution in [0.5, 0.6) is 0 Å². The molecule has 37 heavy (non-hydrogen) atoms. The van der Waals surface area contributed by atoms with Crippen molar-refractivity contribution in [1.82, 2.24) is 0 Å². The number of allylic oxidation sites excluding steroid dienone is 1. The lowest BCUT2D eigenvalue weighted by Crippen LogP contribution is -2.65. The van der Waals surface area contributed by atoms with Gasteiger partial charge in [0.25, 0.3) is 0 Å². The quantitative estimate of drug-likeness (QED) is 0.221. The zero-order chi connectivity index (χ0) is 28.3. The lowest BCUT2D eigenvalue weighted by Gasteiger charge is -2.62. The van der Waals surface area contributed by atoms with Crippen molar-refractivity contribution in [3.8, 4) is 0 Å². The molecule has 2 saturated carbocycles. The van der Waals surface area contributed by atoms with Crippen molar-refractivity contribution in [3.05, 3.63) is 36.5 Å². The summed E-state index contributed by atoms with van der Waals surface area (Å²) in [5, 5.41) is 33.2. The molecule has 8 atom stereocenters. The summed E-state index contributed by atoms with van der Waals surface area (Å²) >= 11 is 0. The number of ether oxygens (including phenoxy) is 2. The Morgan fingerprint density at radius 1 is 1.30 bits per heavy atom. The van der Waals surface area contributed by atoms with E-state index < -0.39 is 40.7 Å². The SMILES string of the molecule is C=CC(C)(O)CCC1C(=C)C(O)CC2C(C)(C)C(O)C(OC(=O)C(C)=CC)CC12COC(=O)C(C)CC.